The molecule has 0 rings (SSSR count). The van der Waals surface area contributed by atoms with Crippen LogP contribution in [0, 0.1) is 0 Å². The van der Waals surface area contributed by atoms with E-state index in [0.717, 1.165) is 0 Å². The van der Waals surface area contributed by atoms with Gasteiger partial charge in [-0.3, -0.25) is 4.79 Å². The lowest BCUT2D eigenvalue weighted by atomic mass is 10.1. The molecule has 0 aromatic rings. The molecule has 0 radical (unpaired) electrons. The third-order valence-corrected chi connectivity index (χ3v) is 2.91. The number of aliphatic hydroxyl groups is 2. The molecule has 0 saturated heterocycles. The number of hydrogen-bond donors (Lipinski definition) is 8. The fraction of sp³-hybridized carbons (Fsp3) is 0.500. The first kappa shape index (κ1) is 24.7. The molecule has 0 saturated carbocycles. The van der Waals surface area contributed by atoms with Gasteiger partial charge in [-0.2, -0.15) is 0 Å². The quantitative estimate of drug-likeness (QED) is 0.133. The molecule has 0 aliphatic heterocycles. The van der Waals surface area contributed by atoms with Crippen molar-refractivity contribution in [2.24, 2.45) is 0 Å². The second-order valence-corrected chi connectivity index (χ2v) is 4.95. The van der Waals surface area contributed by atoms with Gasteiger partial charge in [-0.15, -0.1) is 0 Å². The summed E-state index contributed by atoms with van der Waals surface area (Å²) < 4.78 is 8.61. The standard InChI is InChI=1S/C12H14O16/c13-2(14)1-12(11(25)26,27-5(9(21)22)3(15)7(17)18)28-6(10(23)24)4(16)8(19)20/h3-6,15-16H,1H2,(H,13,14)(H,17,18)(H,19,20)(H,21,22)(H,23,24)(H,25,26). The molecule has 4 atom stereocenters. The van der Waals surface area contributed by atoms with Crippen molar-refractivity contribution in [1.82, 2.24) is 0 Å². The smallest absolute Gasteiger partial charge is 0.365 e. The predicted octanol–water partition coefficient (Wildman–Crippen LogP) is -3.93. The molecule has 0 aliphatic carbocycles. The first-order valence-electron chi connectivity index (χ1n) is 6.74. The molecular weight excluding hydrogens is 400 g/mol. The minimum Gasteiger partial charge on any atom is -0.481 e. The fourth-order valence-corrected chi connectivity index (χ4v) is 1.66. The molecule has 0 aromatic heterocycles. The van der Waals surface area contributed by atoms with Crippen molar-refractivity contribution in [2.75, 3.05) is 0 Å². The predicted molar refractivity (Wildman–Crippen MR) is 74.9 cm³/mol. The van der Waals surface area contributed by atoms with Crippen LogP contribution < -0.4 is 0 Å². The monoisotopic (exact) mass is 414 g/mol. The fourth-order valence-electron chi connectivity index (χ4n) is 1.66. The van der Waals surface area contributed by atoms with Gasteiger partial charge in [0.15, 0.2) is 24.4 Å². The Morgan fingerprint density at radius 3 is 1.14 bits per heavy atom. The lowest BCUT2D eigenvalue weighted by Gasteiger charge is -2.34. The normalized spacial score (nSPS) is 17.4. The molecule has 0 fully saturated rings. The van der Waals surface area contributed by atoms with Crippen LogP contribution in [0.3, 0.4) is 0 Å². The second-order valence-electron chi connectivity index (χ2n) is 4.95. The number of carboxylic acid groups (broad SMARTS) is 6. The van der Waals surface area contributed by atoms with Gasteiger partial charge < -0.3 is 50.3 Å². The van der Waals surface area contributed by atoms with E-state index < -0.39 is 72.4 Å². The molecular formula is C12H14O16. The number of carboxylic acids is 6. The van der Waals surface area contributed by atoms with Crippen molar-refractivity contribution in [3.63, 3.8) is 0 Å². The van der Waals surface area contributed by atoms with E-state index in [4.69, 9.17) is 25.5 Å². The number of aliphatic carboxylic acids is 6. The van der Waals surface area contributed by atoms with Gasteiger partial charge in [0.1, 0.15) is 6.42 Å². The molecule has 0 bridgehead atoms. The molecule has 16 heteroatoms. The van der Waals surface area contributed by atoms with E-state index in [1.165, 1.54) is 0 Å². The Labute approximate surface area is 152 Å². The van der Waals surface area contributed by atoms with E-state index in [1.54, 1.807) is 0 Å². The van der Waals surface area contributed by atoms with Gasteiger partial charge in [-0.1, -0.05) is 0 Å². The molecule has 8 N–H and O–H groups in total. The zero-order valence-electron chi connectivity index (χ0n) is 13.4. The van der Waals surface area contributed by atoms with Gasteiger partial charge in [0.05, 0.1) is 0 Å². The Hall–Kier alpha value is -3.34. The van der Waals surface area contributed by atoms with Gasteiger partial charge in [0.25, 0.3) is 5.79 Å². The number of rotatable bonds is 13. The number of carbonyl (C=O) groups is 6. The lowest BCUT2D eigenvalue weighted by molar-refractivity contribution is -0.290. The SMILES string of the molecule is O=C(O)CC(OC(C(=O)O)C(O)C(=O)O)(OC(C(=O)O)C(O)C(=O)O)C(=O)O. The minimum absolute atomic E-state index is 1.88. The highest BCUT2D eigenvalue weighted by atomic mass is 16.7. The van der Waals surface area contributed by atoms with Gasteiger partial charge in [0.2, 0.25) is 0 Å². The highest BCUT2D eigenvalue weighted by Gasteiger charge is 2.53. The summed E-state index contributed by atoms with van der Waals surface area (Å²) in [7, 11) is 0. The first-order valence-corrected chi connectivity index (χ1v) is 6.74. The third kappa shape index (κ3) is 6.13. The number of aliphatic hydroxyl groups excluding tert-OH is 2. The zero-order valence-corrected chi connectivity index (χ0v) is 13.4. The largest absolute Gasteiger partial charge is 0.481 e. The Bertz CT molecular complexity index is 627. The molecule has 158 valence electrons. The van der Waals surface area contributed by atoms with Crippen LogP contribution in [0.4, 0.5) is 0 Å². The average molecular weight is 414 g/mol. The zero-order chi connectivity index (χ0) is 22.4. The first-order chi connectivity index (χ1) is 12.7. The summed E-state index contributed by atoms with van der Waals surface area (Å²) in [5.41, 5.74) is 0. The van der Waals surface area contributed by atoms with Crippen molar-refractivity contribution in [3.8, 4) is 0 Å². The molecule has 0 spiro atoms. The van der Waals surface area contributed by atoms with Gasteiger partial charge in [-0.25, -0.2) is 24.0 Å². The third-order valence-electron chi connectivity index (χ3n) is 2.91. The van der Waals surface area contributed by atoms with Crippen LogP contribution in [-0.2, 0) is 38.2 Å². The van der Waals surface area contributed by atoms with Crippen LogP contribution in [0.1, 0.15) is 6.42 Å². The summed E-state index contributed by atoms with van der Waals surface area (Å²) in [5.74, 6) is -17.6. The summed E-state index contributed by atoms with van der Waals surface area (Å²) >= 11 is 0. The van der Waals surface area contributed by atoms with Crippen molar-refractivity contribution in [2.45, 2.75) is 36.6 Å². The Morgan fingerprint density at radius 1 is 0.643 bits per heavy atom. The number of ether oxygens (including phenoxy) is 2. The molecule has 4 unspecified atom stereocenters. The topological polar surface area (TPSA) is 283 Å². The molecule has 0 aliphatic rings. The van der Waals surface area contributed by atoms with E-state index in [2.05, 4.69) is 9.47 Å². The lowest BCUT2D eigenvalue weighted by Crippen LogP contribution is -2.58. The van der Waals surface area contributed by atoms with E-state index in [0.29, 0.717) is 0 Å². The van der Waals surface area contributed by atoms with E-state index in [-0.39, 0.29) is 0 Å². The highest BCUT2D eigenvalue weighted by molar-refractivity contribution is 5.87. The maximum absolute atomic E-state index is 11.5. The summed E-state index contributed by atoms with van der Waals surface area (Å²) in [6.45, 7) is 0. The number of hydrogen-bond acceptors (Lipinski definition) is 10. The van der Waals surface area contributed by atoms with Crippen LogP contribution in [0.5, 0.6) is 0 Å². The van der Waals surface area contributed by atoms with Crippen molar-refractivity contribution in [1.29, 1.82) is 0 Å². The maximum Gasteiger partial charge on any atom is 0.365 e. The Balaban J connectivity index is 6.33. The molecule has 16 nitrogen and oxygen atoms in total. The van der Waals surface area contributed by atoms with Crippen LogP contribution in [0.15, 0.2) is 0 Å². The van der Waals surface area contributed by atoms with E-state index in [1.807, 2.05) is 0 Å². The van der Waals surface area contributed by atoms with E-state index >= 15 is 0 Å². The minimum atomic E-state index is -3.83. The van der Waals surface area contributed by atoms with Crippen LogP contribution >= 0.6 is 0 Å². The van der Waals surface area contributed by atoms with E-state index in [9.17, 15) is 44.1 Å². The second kappa shape index (κ2) is 9.55. The van der Waals surface area contributed by atoms with Crippen LogP contribution in [0.2, 0.25) is 0 Å². The summed E-state index contributed by atoms with van der Waals surface area (Å²) in [5, 5.41) is 71.8. The van der Waals surface area contributed by atoms with Crippen molar-refractivity contribution < 1.29 is 79.1 Å². The van der Waals surface area contributed by atoms with Crippen molar-refractivity contribution in [3.05, 3.63) is 0 Å². The molecule has 0 aromatic carbocycles. The molecule has 0 amide bonds. The molecule has 28 heavy (non-hydrogen) atoms. The van der Waals surface area contributed by atoms with Gasteiger partial charge in [-0.05, 0) is 0 Å². The average Bonchev–Trinajstić information content (AvgIpc) is 2.54. The summed E-state index contributed by atoms with van der Waals surface area (Å²) in [6.07, 6.45) is -13.8. The van der Waals surface area contributed by atoms with Gasteiger partial charge >= 0.3 is 35.8 Å². The van der Waals surface area contributed by atoms with Crippen molar-refractivity contribution >= 4 is 35.8 Å². The van der Waals surface area contributed by atoms with Crippen LogP contribution in [-0.4, -0.2) is 107 Å². The maximum atomic E-state index is 11.5. The summed E-state index contributed by atoms with van der Waals surface area (Å²) in [6, 6.07) is 0. The molecule has 0 heterocycles. The Morgan fingerprint density at radius 2 is 0.964 bits per heavy atom. The highest BCUT2D eigenvalue weighted by Crippen LogP contribution is 2.26. The Kier molecular flexibility index (Phi) is 8.41. The van der Waals surface area contributed by atoms with Gasteiger partial charge in [0, 0.05) is 0 Å². The summed E-state index contributed by atoms with van der Waals surface area (Å²) in [4.78, 5) is 66.1. The van der Waals surface area contributed by atoms with Crippen LogP contribution in [0.25, 0.3) is 0 Å².